The first kappa shape index (κ1) is 9.19. The fraction of sp³-hybridized carbons (Fsp3) is 0.333. The van der Waals surface area contributed by atoms with Gasteiger partial charge in [-0.2, -0.15) is 5.26 Å². The Balaban J connectivity index is 2.75. The summed E-state index contributed by atoms with van der Waals surface area (Å²) < 4.78 is 0.642. The summed E-state index contributed by atoms with van der Waals surface area (Å²) in [5.74, 6) is 0.387. The van der Waals surface area contributed by atoms with Crippen LogP contribution in [0.5, 0.6) is 0 Å². The van der Waals surface area contributed by atoms with Gasteiger partial charge < -0.3 is 16.0 Å². The van der Waals surface area contributed by atoms with Gasteiger partial charge in [0, 0.05) is 12.1 Å². The minimum atomic E-state index is 0.387. The molecule has 0 amide bonds. The summed E-state index contributed by atoms with van der Waals surface area (Å²) in [5.41, 5.74) is 8.26. The molecule has 2 heterocycles. The Hall–Kier alpha value is -1.38. The van der Waals surface area contributed by atoms with Crippen molar-refractivity contribution in [3.63, 3.8) is 0 Å². The lowest BCUT2D eigenvalue weighted by atomic mass is 9.98. The lowest BCUT2D eigenvalue weighted by Crippen LogP contribution is -2.25. The van der Waals surface area contributed by atoms with E-state index >= 15 is 0 Å². The molecule has 0 aliphatic carbocycles. The number of aromatic amines is 1. The van der Waals surface area contributed by atoms with Gasteiger partial charge in [0.05, 0.1) is 5.56 Å². The number of nitriles is 1. The van der Waals surface area contributed by atoms with Gasteiger partial charge in [-0.3, -0.25) is 0 Å². The highest BCUT2D eigenvalue weighted by molar-refractivity contribution is 7.71. The monoisotopic (exact) mass is 206 g/mol. The van der Waals surface area contributed by atoms with E-state index in [1.165, 1.54) is 0 Å². The highest BCUT2D eigenvalue weighted by atomic mass is 32.1. The number of hydrogen-bond acceptors (Lipinski definition) is 4. The van der Waals surface area contributed by atoms with Crippen LogP contribution < -0.4 is 11.1 Å². The molecule has 0 saturated heterocycles. The Morgan fingerprint density at radius 3 is 2.93 bits per heavy atom. The van der Waals surface area contributed by atoms with E-state index in [-0.39, 0.29) is 0 Å². The van der Waals surface area contributed by atoms with Crippen molar-refractivity contribution in [3.8, 4) is 6.07 Å². The molecule has 0 unspecified atom stereocenters. The summed E-state index contributed by atoms with van der Waals surface area (Å²) in [6.45, 7) is 1.60. The van der Waals surface area contributed by atoms with Crippen molar-refractivity contribution in [2.45, 2.75) is 13.0 Å². The molecule has 4 nitrogen and oxygen atoms in total. The molecule has 0 saturated carbocycles. The van der Waals surface area contributed by atoms with E-state index in [9.17, 15) is 0 Å². The maximum atomic E-state index is 8.96. The first-order valence-electron chi connectivity index (χ1n) is 4.38. The smallest absolute Gasteiger partial charge is 0.120 e. The third-order valence-electron chi connectivity index (χ3n) is 2.42. The van der Waals surface area contributed by atoms with Crippen LogP contribution in [-0.4, -0.2) is 11.5 Å². The van der Waals surface area contributed by atoms with Gasteiger partial charge in [0.25, 0.3) is 0 Å². The van der Waals surface area contributed by atoms with Crippen molar-refractivity contribution in [1.29, 1.82) is 5.26 Å². The number of nitrogen functional groups attached to an aromatic ring is 1. The zero-order valence-corrected chi connectivity index (χ0v) is 8.37. The predicted molar refractivity (Wildman–Crippen MR) is 56.2 cm³/mol. The first-order chi connectivity index (χ1) is 6.74. The number of nitrogens with two attached hydrogens (primary N) is 1. The number of nitrogens with zero attached hydrogens (tertiary/aromatic N) is 1. The minimum absolute atomic E-state index is 0.387. The van der Waals surface area contributed by atoms with E-state index in [4.69, 9.17) is 23.2 Å². The van der Waals surface area contributed by atoms with Gasteiger partial charge in [-0.15, -0.1) is 0 Å². The van der Waals surface area contributed by atoms with Crippen LogP contribution in [0, 0.1) is 16.0 Å². The lowest BCUT2D eigenvalue weighted by Gasteiger charge is -2.18. The average Bonchev–Trinajstić information content (AvgIpc) is 2.18. The SMILES string of the molecule is N#Cc1c(N)[nH]c(=S)c2c1CCNC2. The van der Waals surface area contributed by atoms with E-state index in [2.05, 4.69) is 16.4 Å². The molecule has 5 heteroatoms. The minimum Gasteiger partial charge on any atom is -0.384 e. The van der Waals surface area contributed by atoms with Crippen molar-refractivity contribution in [1.82, 2.24) is 10.3 Å². The second-order valence-corrected chi connectivity index (χ2v) is 3.65. The molecule has 72 valence electrons. The summed E-state index contributed by atoms with van der Waals surface area (Å²) in [6.07, 6.45) is 0.820. The van der Waals surface area contributed by atoms with Gasteiger partial charge in [0.15, 0.2) is 0 Å². The molecule has 2 rings (SSSR count). The fourth-order valence-corrected chi connectivity index (χ4v) is 2.03. The van der Waals surface area contributed by atoms with Gasteiger partial charge >= 0.3 is 0 Å². The van der Waals surface area contributed by atoms with Crippen molar-refractivity contribution < 1.29 is 0 Å². The van der Waals surface area contributed by atoms with Crippen LogP contribution in [0.25, 0.3) is 0 Å². The van der Waals surface area contributed by atoms with E-state index in [1.54, 1.807) is 0 Å². The third-order valence-corrected chi connectivity index (χ3v) is 2.77. The van der Waals surface area contributed by atoms with Crippen LogP contribution in [0.2, 0.25) is 0 Å². The van der Waals surface area contributed by atoms with Crippen LogP contribution in [-0.2, 0) is 13.0 Å². The Morgan fingerprint density at radius 2 is 2.21 bits per heavy atom. The second kappa shape index (κ2) is 3.40. The summed E-state index contributed by atoms with van der Waals surface area (Å²) in [5, 5.41) is 12.2. The Bertz CT molecular complexity index is 469. The zero-order chi connectivity index (χ0) is 10.1. The fourth-order valence-electron chi connectivity index (χ4n) is 1.73. The Kier molecular flexibility index (Phi) is 2.23. The van der Waals surface area contributed by atoms with Crippen LogP contribution in [0.1, 0.15) is 16.7 Å². The maximum absolute atomic E-state index is 8.96. The largest absolute Gasteiger partial charge is 0.384 e. The van der Waals surface area contributed by atoms with Crippen molar-refractivity contribution in [3.05, 3.63) is 21.3 Å². The molecule has 0 atom stereocenters. The zero-order valence-electron chi connectivity index (χ0n) is 7.55. The van der Waals surface area contributed by atoms with Crippen LogP contribution in [0.4, 0.5) is 5.82 Å². The van der Waals surface area contributed by atoms with E-state index in [0.717, 1.165) is 30.6 Å². The highest BCUT2D eigenvalue weighted by Crippen LogP contribution is 2.22. The first-order valence-corrected chi connectivity index (χ1v) is 4.79. The molecule has 1 aromatic rings. The number of rotatable bonds is 0. The number of fused-ring (bicyclic) bond motifs is 1. The Labute approximate surface area is 86.7 Å². The van der Waals surface area contributed by atoms with Gasteiger partial charge in [-0.1, -0.05) is 12.2 Å². The molecule has 0 aromatic carbocycles. The van der Waals surface area contributed by atoms with Crippen LogP contribution in [0.15, 0.2) is 0 Å². The maximum Gasteiger partial charge on any atom is 0.120 e. The van der Waals surface area contributed by atoms with Gasteiger partial charge in [0.1, 0.15) is 16.5 Å². The molecule has 14 heavy (non-hydrogen) atoms. The molecule has 1 aliphatic rings. The molecule has 4 N–H and O–H groups in total. The molecule has 0 spiro atoms. The van der Waals surface area contributed by atoms with E-state index < -0.39 is 0 Å². The number of anilines is 1. The van der Waals surface area contributed by atoms with Crippen molar-refractivity contribution in [2.24, 2.45) is 0 Å². The van der Waals surface area contributed by atoms with Crippen LogP contribution in [0.3, 0.4) is 0 Å². The molecular weight excluding hydrogens is 196 g/mol. The molecule has 0 fully saturated rings. The second-order valence-electron chi connectivity index (χ2n) is 3.24. The molecule has 0 radical (unpaired) electrons. The third kappa shape index (κ3) is 1.29. The van der Waals surface area contributed by atoms with Gasteiger partial charge in [-0.05, 0) is 18.5 Å². The van der Waals surface area contributed by atoms with E-state index in [1.807, 2.05) is 0 Å². The number of pyridine rings is 1. The van der Waals surface area contributed by atoms with E-state index in [0.29, 0.717) is 16.0 Å². The number of nitrogens with one attached hydrogen (secondary N) is 2. The topological polar surface area (TPSA) is 77.6 Å². The normalized spacial score (nSPS) is 14.5. The van der Waals surface area contributed by atoms with Crippen molar-refractivity contribution in [2.75, 3.05) is 12.3 Å². The summed E-state index contributed by atoms with van der Waals surface area (Å²) in [4.78, 5) is 2.85. The highest BCUT2D eigenvalue weighted by Gasteiger charge is 2.16. The van der Waals surface area contributed by atoms with Gasteiger partial charge in [0.2, 0.25) is 0 Å². The quantitative estimate of drug-likeness (QED) is 0.550. The van der Waals surface area contributed by atoms with Crippen molar-refractivity contribution >= 4 is 18.0 Å². The molecule has 1 aromatic heterocycles. The number of hydrogen-bond donors (Lipinski definition) is 3. The lowest BCUT2D eigenvalue weighted by molar-refractivity contribution is 0.638. The molecule has 1 aliphatic heterocycles. The van der Waals surface area contributed by atoms with Gasteiger partial charge in [-0.25, -0.2) is 0 Å². The predicted octanol–water partition coefficient (Wildman–Crippen LogP) is 0.844. The summed E-state index contributed by atoms with van der Waals surface area (Å²) in [6, 6.07) is 2.12. The average molecular weight is 206 g/mol. The molecule has 0 bridgehead atoms. The number of H-pyrrole nitrogens is 1. The van der Waals surface area contributed by atoms with Crippen LogP contribution >= 0.6 is 12.2 Å². The number of aromatic nitrogens is 1. The standard InChI is InChI=1S/C9H10N4S/c10-3-6-5-1-2-12-4-7(5)9(14)13-8(6)11/h12H,1-2,4H2,(H3,11,13,14). The summed E-state index contributed by atoms with van der Waals surface area (Å²) >= 11 is 5.15. The summed E-state index contributed by atoms with van der Waals surface area (Å²) in [7, 11) is 0. The molecular formula is C9H10N4S. The Morgan fingerprint density at radius 1 is 1.43 bits per heavy atom.